The molecule has 1 saturated heterocycles. The summed E-state index contributed by atoms with van der Waals surface area (Å²) in [5, 5.41) is 10.2. The molecule has 6 nitrogen and oxygen atoms in total. The third-order valence-corrected chi connectivity index (χ3v) is 4.38. The summed E-state index contributed by atoms with van der Waals surface area (Å²) in [5.74, 6) is 1.02. The number of carbonyl (C=O) groups excluding carboxylic acids is 1. The van der Waals surface area contributed by atoms with Gasteiger partial charge in [-0.05, 0) is 45.3 Å². The van der Waals surface area contributed by atoms with Gasteiger partial charge < -0.3 is 14.6 Å². The summed E-state index contributed by atoms with van der Waals surface area (Å²) in [7, 11) is 0. The number of nitrogens with zero attached hydrogens (tertiary/aromatic N) is 1. The van der Waals surface area contributed by atoms with E-state index in [1.807, 2.05) is 44.2 Å². The van der Waals surface area contributed by atoms with Crippen LogP contribution < -0.4 is 10.6 Å². The van der Waals surface area contributed by atoms with Crippen molar-refractivity contribution in [1.29, 1.82) is 0 Å². The molecule has 0 unspecified atom stereocenters. The van der Waals surface area contributed by atoms with Crippen molar-refractivity contribution >= 4 is 11.8 Å². The van der Waals surface area contributed by atoms with Crippen molar-refractivity contribution in [3.8, 4) is 0 Å². The first-order valence-corrected chi connectivity index (χ1v) is 8.34. The number of piperidine rings is 1. The van der Waals surface area contributed by atoms with Gasteiger partial charge in [0.2, 0.25) is 0 Å². The Morgan fingerprint density at radius 3 is 2.75 bits per heavy atom. The molecule has 0 radical (unpaired) electrons. The highest BCUT2D eigenvalue weighted by atomic mass is 16.6. The van der Waals surface area contributed by atoms with Crippen LogP contribution in [0.2, 0.25) is 0 Å². The van der Waals surface area contributed by atoms with Gasteiger partial charge in [-0.15, -0.1) is 0 Å². The van der Waals surface area contributed by atoms with Gasteiger partial charge in [-0.1, -0.05) is 35.5 Å². The maximum atomic E-state index is 12.3. The Bertz CT molecular complexity index is 678. The summed E-state index contributed by atoms with van der Waals surface area (Å²) in [6.07, 6.45) is 1.12. The summed E-state index contributed by atoms with van der Waals surface area (Å²) >= 11 is 0. The summed E-state index contributed by atoms with van der Waals surface area (Å²) < 4.78 is 11.0. The van der Waals surface area contributed by atoms with Gasteiger partial charge in [-0.3, -0.25) is 5.32 Å². The molecule has 2 N–H and O–H groups in total. The third kappa shape index (κ3) is 3.76. The predicted molar refractivity (Wildman–Crippen MR) is 91.0 cm³/mol. The maximum absolute atomic E-state index is 12.3. The first-order valence-electron chi connectivity index (χ1n) is 8.34. The minimum atomic E-state index is -0.493. The molecule has 128 valence electrons. The highest BCUT2D eigenvalue weighted by Crippen LogP contribution is 2.33. The fraction of sp³-hybridized carbons (Fsp3) is 0.444. The molecule has 0 aliphatic carbocycles. The number of hydrogen-bond donors (Lipinski definition) is 2. The molecular weight excluding hydrogens is 306 g/mol. The number of amides is 1. The Morgan fingerprint density at radius 1 is 1.33 bits per heavy atom. The lowest BCUT2D eigenvalue weighted by Gasteiger charge is -2.21. The van der Waals surface area contributed by atoms with Crippen LogP contribution in [0.25, 0.3) is 0 Å². The van der Waals surface area contributed by atoms with Crippen LogP contribution in [0, 0.1) is 6.92 Å². The zero-order valence-corrected chi connectivity index (χ0v) is 14.0. The first kappa shape index (κ1) is 16.5. The summed E-state index contributed by atoms with van der Waals surface area (Å²) in [6.45, 7) is 5.56. The molecule has 24 heavy (non-hydrogen) atoms. The van der Waals surface area contributed by atoms with E-state index in [9.17, 15) is 4.79 Å². The van der Waals surface area contributed by atoms with E-state index in [0.29, 0.717) is 11.4 Å². The molecule has 2 aromatic rings. The second kappa shape index (κ2) is 7.49. The van der Waals surface area contributed by atoms with Crippen molar-refractivity contribution in [1.82, 2.24) is 10.5 Å². The van der Waals surface area contributed by atoms with Crippen LogP contribution in [0.15, 0.2) is 34.9 Å². The van der Waals surface area contributed by atoms with Crippen LogP contribution >= 0.6 is 0 Å². The quantitative estimate of drug-likeness (QED) is 0.893. The van der Waals surface area contributed by atoms with E-state index in [1.54, 1.807) is 0 Å². The number of nitrogens with one attached hydrogen (secondary N) is 2. The maximum Gasteiger partial charge on any atom is 0.412 e. The van der Waals surface area contributed by atoms with Gasteiger partial charge in [-0.25, -0.2) is 4.79 Å². The van der Waals surface area contributed by atoms with Crippen LogP contribution in [0.4, 0.5) is 10.5 Å². The van der Waals surface area contributed by atoms with Crippen molar-refractivity contribution in [3.05, 3.63) is 47.3 Å². The standard InChI is InChI=1S/C18H23N3O3/c1-12-16(17(24-21-12)15-8-10-19-11-9-15)20-18(22)23-13(2)14-6-4-3-5-7-14/h3-7,13,15,19H,8-11H2,1-2H3,(H,20,22)/t13-/m1/s1. The largest absolute Gasteiger partial charge is 0.441 e. The number of ether oxygens (including phenoxy) is 1. The van der Waals surface area contributed by atoms with E-state index in [0.717, 1.165) is 37.3 Å². The van der Waals surface area contributed by atoms with E-state index in [-0.39, 0.29) is 12.0 Å². The van der Waals surface area contributed by atoms with Crippen molar-refractivity contribution in [2.45, 2.75) is 38.7 Å². The number of anilines is 1. The van der Waals surface area contributed by atoms with E-state index in [2.05, 4.69) is 15.8 Å². The second-order valence-corrected chi connectivity index (χ2v) is 6.11. The number of rotatable bonds is 4. The number of hydrogen-bond acceptors (Lipinski definition) is 5. The molecule has 1 aromatic carbocycles. The number of carbonyl (C=O) groups is 1. The minimum absolute atomic E-state index is 0.272. The van der Waals surface area contributed by atoms with Gasteiger partial charge in [-0.2, -0.15) is 0 Å². The fourth-order valence-corrected chi connectivity index (χ4v) is 2.99. The Balaban J connectivity index is 1.67. The fourth-order valence-electron chi connectivity index (χ4n) is 2.99. The zero-order chi connectivity index (χ0) is 16.9. The lowest BCUT2D eigenvalue weighted by Crippen LogP contribution is -2.27. The first-order chi connectivity index (χ1) is 11.6. The molecule has 1 aromatic heterocycles. The average molecular weight is 329 g/mol. The van der Waals surface area contributed by atoms with Gasteiger partial charge in [0, 0.05) is 5.92 Å². The van der Waals surface area contributed by atoms with Crippen LogP contribution in [0.3, 0.4) is 0 Å². The Kier molecular flexibility index (Phi) is 5.15. The van der Waals surface area contributed by atoms with Gasteiger partial charge in [0.25, 0.3) is 0 Å². The predicted octanol–water partition coefficient (Wildman–Crippen LogP) is 3.76. The Labute approximate surface area is 141 Å². The minimum Gasteiger partial charge on any atom is -0.441 e. The summed E-state index contributed by atoms with van der Waals surface area (Å²) in [5.41, 5.74) is 2.27. The number of aromatic nitrogens is 1. The molecule has 1 atom stereocenters. The van der Waals surface area contributed by atoms with E-state index >= 15 is 0 Å². The molecule has 3 rings (SSSR count). The van der Waals surface area contributed by atoms with E-state index in [4.69, 9.17) is 9.26 Å². The average Bonchev–Trinajstić information content (AvgIpc) is 2.97. The van der Waals surface area contributed by atoms with Crippen LogP contribution in [0.5, 0.6) is 0 Å². The van der Waals surface area contributed by atoms with Crippen LogP contribution in [-0.2, 0) is 4.74 Å². The summed E-state index contributed by atoms with van der Waals surface area (Å²) in [6, 6.07) is 9.65. The molecular formula is C18H23N3O3. The molecule has 1 aliphatic heterocycles. The third-order valence-electron chi connectivity index (χ3n) is 4.38. The van der Waals surface area contributed by atoms with Crippen LogP contribution in [-0.4, -0.2) is 24.3 Å². The highest BCUT2D eigenvalue weighted by molar-refractivity contribution is 5.86. The lowest BCUT2D eigenvalue weighted by molar-refractivity contribution is 0.121. The molecule has 0 spiro atoms. The number of benzene rings is 1. The number of aryl methyl sites for hydroxylation is 1. The van der Waals surface area contributed by atoms with Crippen molar-refractivity contribution in [2.24, 2.45) is 0 Å². The summed E-state index contributed by atoms with van der Waals surface area (Å²) in [4.78, 5) is 12.3. The molecule has 0 bridgehead atoms. The smallest absolute Gasteiger partial charge is 0.412 e. The van der Waals surface area contributed by atoms with Crippen molar-refractivity contribution < 1.29 is 14.1 Å². The van der Waals surface area contributed by atoms with Crippen molar-refractivity contribution in [3.63, 3.8) is 0 Å². The highest BCUT2D eigenvalue weighted by Gasteiger charge is 2.26. The molecule has 0 saturated carbocycles. The lowest BCUT2D eigenvalue weighted by atomic mass is 9.94. The van der Waals surface area contributed by atoms with Crippen LogP contribution in [0.1, 0.15) is 48.8 Å². The van der Waals surface area contributed by atoms with E-state index < -0.39 is 6.09 Å². The second-order valence-electron chi connectivity index (χ2n) is 6.11. The molecule has 2 heterocycles. The molecule has 1 amide bonds. The van der Waals surface area contributed by atoms with Gasteiger partial charge in [0.15, 0.2) is 5.76 Å². The SMILES string of the molecule is Cc1noc(C2CCNCC2)c1NC(=O)O[C@H](C)c1ccccc1. The zero-order valence-electron chi connectivity index (χ0n) is 14.0. The normalized spacial score (nSPS) is 16.6. The Hall–Kier alpha value is -2.34. The molecule has 1 aliphatic rings. The van der Waals surface area contributed by atoms with Gasteiger partial charge in [0.1, 0.15) is 17.5 Å². The Morgan fingerprint density at radius 2 is 2.04 bits per heavy atom. The van der Waals surface area contributed by atoms with Gasteiger partial charge >= 0.3 is 6.09 Å². The monoisotopic (exact) mass is 329 g/mol. The molecule has 1 fully saturated rings. The van der Waals surface area contributed by atoms with E-state index in [1.165, 1.54) is 0 Å². The van der Waals surface area contributed by atoms with Gasteiger partial charge in [0.05, 0.1) is 0 Å². The molecule has 6 heteroatoms. The topological polar surface area (TPSA) is 76.4 Å². The van der Waals surface area contributed by atoms with Crippen molar-refractivity contribution in [2.75, 3.05) is 18.4 Å².